The lowest BCUT2D eigenvalue weighted by Gasteiger charge is -1.93. The molecule has 72 valence electrons. The lowest BCUT2D eigenvalue weighted by molar-refractivity contribution is 1.47. The molecule has 0 N–H and O–H groups in total. The first-order valence-electron chi connectivity index (χ1n) is 4.47. The highest BCUT2D eigenvalue weighted by Crippen LogP contribution is 2.02. The topological polar surface area (TPSA) is 0 Å². The molecular formula is C12H12S2. The van der Waals surface area contributed by atoms with E-state index >= 15 is 0 Å². The number of thiol groups is 2. The van der Waals surface area contributed by atoms with Gasteiger partial charge < -0.3 is 0 Å². The number of rotatable bonds is 2. The van der Waals surface area contributed by atoms with Gasteiger partial charge in [0.15, 0.2) is 0 Å². The van der Waals surface area contributed by atoms with Gasteiger partial charge in [0.1, 0.15) is 0 Å². The SMILES string of the molecule is c1ccc([SH]=[SH]c2ccccc2)cc1. The van der Waals surface area contributed by atoms with Crippen LogP contribution >= 0.6 is 0 Å². The second kappa shape index (κ2) is 5.13. The average Bonchev–Trinajstić information content (AvgIpc) is 2.29. The molecule has 0 amide bonds. The zero-order chi connectivity index (χ0) is 9.64. The van der Waals surface area contributed by atoms with Crippen LogP contribution in [-0.4, -0.2) is 0 Å². The quantitative estimate of drug-likeness (QED) is 0.714. The summed E-state index contributed by atoms with van der Waals surface area (Å²) in [6, 6.07) is 21.1. The molecule has 2 heteroatoms. The highest BCUT2D eigenvalue weighted by Gasteiger charge is 1.83. The molecule has 0 spiro atoms. The Morgan fingerprint density at radius 1 is 0.500 bits per heavy atom. The Labute approximate surface area is 91.2 Å². The van der Waals surface area contributed by atoms with Crippen molar-refractivity contribution in [2.75, 3.05) is 0 Å². The summed E-state index contributed by atoms with van der Waals surface area (Å²) in [6.07, 6.45) is 0. The van der Waals surface area contributed by atoms with Crippen LogP contribution in [0.15, 0.2) is 70.5 Å². The molecule has 2 aromatic rings. The van der Waals surface area contributed by atoms with Crippen molar-refractivity contribution in [1.82, 2.24) is 0 Å². The van der Waals surface area contributed by atoms with Crippen LogP contribution < -0.4 is 0 Å². The highest BCUT2D eigenvalue weighted by molar-refractivity contribution is 8.26. The fourth-order valence-corrected chi connectivity index (χ4v) is 3.44. The summed E-state index contributed by atoms with van der Waals surface area (Å²) in [5.74, 6) is 0. The van der Waals surface area contributed by atoms with Gasteiger partial charge in [-0.15, -0.1) is 20.6 Å². The third-order valence-corrected chi connectivity index (χ3v) is 4.64. The van der Waals surface area contributed by atoms with Crippen LogP contribution in [0.25, 0.3) is 0 Å². The van der Waals surface area contributed by atoms with Gasteiger partial charge in [-0.1, -0.05) is 36.4 Å². The molecule has 0 heterocycles. The van der Waals surface area contributed by atoms with Gasteiger partial charge in [-0.05, 0) is 24.3 Å². The zero-order valence-corrected chi connectivity index (χ0v) is 9.46. The van der Waals surface area contributed by atoms with Crippen LogP contribution in [0.2, 0.25) is 0 Å². The molecule has 0 unspecified atom stereocenters. The van der Waals surface area contributed by atoms with E-state index in [0.717, 1.165) is 0 Å². The van der Waals surface area contributed by atoms with Crippen molar-refractivity contribution in [2.24, 2.45) is 0 Å². The summed E-state index contributed by atoms with van der Waals surface area (Å²) in [5, 5.41) is 0. The van der Waals surface area contributed by atoms with E-state index in [1.807, 2.05) is 0 Å². The summed E-state index contributed by atoms with van der Waals surface area (Å²) in [6.45, 7) is 0. The molecule has 0 bridgehead atoms. The largest absolute Gasteiger partial charge is 0.143 e. The molecule has 0 radical (unpaired) electrons. The first-order chi connectivity index (χ1) is 6.95. The lowest BCUT2D eigenvalue weighted by atomic mass is 10.4. The minimum Gasteiger partial charge on any atom is -0.143 e. The van der Waals surface area contributed by atoms with Crippen molar-refractivity contribution >= 4 is 20.6 Å². The Kier molecular flexibility index (Phi) is 3.55. The van der Waals surface area contributed by atoms with Gasteiger partial charge in [0.25, 0.3) is 0 Å². The van der Waals surface area contributed by atoms with Crippen LogP contribution in [-0.2, 0) is 20.6 Å². The monoisotopic (exact) mass is 220 g/mol. The summed E-state index contributed by atoms with van der Waals surface area (Å²) < 4.78 is 0. The van der Waals surface area contributed by atoms with E-state index in [1.54, 1.807) is 0 Å². The van der Waals surface area contributed by atoms with Crippen LogP contribution in [0.1, 0.15) is 0 Å². The van der Waals surface area contributed by atoms with Crippen molar-refractivity contribution < 1.29 is 0 Å². The Hall–Kier alpha value is -0.860. The maximum Gasteiger partial charge on any atom is 0.00399 e. The summed E-state index contributed by atoms with van der Waals surface area (Å²) in [7, 11) is 2.70. The highest BCUT2D eigenvalue weighted by atomic mass is 32.8. The van der Waals surface area contributed by atoms with E-state index in [9.17, 15) is 0 Å². The number of hydrogen-bond donors (Lipinski definition) is 2. The number of hydrogen-bond acceptors (Lipinski definition) is 0. The molecule has 2 rings (SSSR count). The standard InChI is InChI=1S/C12H12S2/c1-3-7-11(8-4-1)13-14-12-9-5-2-6-10-12/h1-10,13-14H. The molecule has 0 saturated carbocycles. The number of benzene rings is 2. The third kappa shape index (κ3) is 2.82. The summed E-state index contributed by atoms with van der Waals surface area (Å²) in [4.78, 5) is 2.75. The maximum atomic E-state index is 2.16. The Morgan fingerprint density at radius 3 is 1.21 bits per heavy atom. The Balaban J connectivity index is 2.16. The van der Waals surface area contributed by atoms with Crippen molar-refractivity contribution in [3.05, 3.63) is 60.7 Å². The smallest absolute Gasteiger partial charge is 0.00399 e. The molecule has 0 aromatic heterocycles. The minimum atomic E-state index is 1.35. The van der Waals surface area contributed by atoms with Crippen molar-refractivity contribution in [3.8, 4) is 0 Å². The predicted octanol–water partition coefficient (Wildman–Crippen LogP) is 2.65. The molecule has 0 saturated heterocycles. The molecule has 14 heavy (non-hydrogen) atoms. The normalized spacial score (nSPS) is 11.7. The molecular weight excluding hydrogens is 208 g/mol. The van der Waals surface area contributed by atoms with Gasteiger partial charge in [0, 0.05) is 9.79 Å². The van der Waals surface area contributed by atoms with Crippen molar-refractivity contribution in [2.45, 2.75) is 9.79 Å². The van der Waals surface area contributed by atoms with Gasteiger partial charge in [-0.2, -0.15) is 0 Å². The van der Waals surface area contributed by atoms with E-state index in [-0.39, 0.29) is 0 Å². The molecule has 2 aromatic carbocycles. The fourth-order valence-electron chi connectivity index (χ4n) is 1.10. The van der Waals surface area contributed by atoms with Crippen molar-refractivity contribution in [1.29, 1.82) is 0 Å². The molecule has 0 aliphatic heterocycles. The van der Waals surface area contributed by atoms with E-state index in [4.69, 9.17) is 0 Å². The van der Waals surface area contributed by atoms with Crippen LogP contribution in [0.3, 0.4) is 0 Å². The third-order valence-electron chi connectivity index (χ3n) is 1.79. The second-order valence-electron chi connectivity index (χ2n) is 2.87. The Morgan fingerprint density at radius 2 is 0.857 bits per heavy atom. The van der Waals surface area contributed by atoms with Crippen LogP contribution in [0, 0.1) is 0 Å². The van der Waals surface area contributed by atoms with Gasteiger partial charge in [-0.25, -0.2) is 0 Å². The van der Waals surface area contributed by atoms with Gasteiger partial charge in [-0.3, -0.25) is 0 Å². The van der Waals surface area contributed by atoms with Gasteiger partial charge >= 0.3 is 0 Å². The average molecular weight is 220 g/mol. The second-order valence-corrected chi connectivity index (χ2v) is 5.50. The first-order valence-corrected chi connectivity index (χ1v) is 6.96. The van der Waals surface area contributed by atoms with Crippen molar-refractivity contribution in [3.63, 3.8) is 0 Å². The molecule has 0 atom stereocenters. The Bertz CT molecular complexity index is 365. The molecule has 0 aliphatic carbocycles. The van der Waals surface area contributed by atoms with Gasteiger partial charge in [0.05, 0.1) is 0 Å². The first kappa shape index (κ1) is 9.69. The van der Waals surface area contributed by atoms with E-state index in [2.05, 4.69) is 60.7 Å². The maximum absolute atomic E-state index is 2.16. The summed E-state index contributed by atoms with van der Waals surface area (Å²) in [5.41, 5.74) is 0. The summed E-state index contributed by atoms with van der Waals surface area (Å²) >= 11 is 0. The lowest BCUT2D eigenvalue weighted by Crippen LogP contribution is -1.75. The minimum absolute atomic E-state index is 1.35. The van der Waals surface area contributed by atoms with Gasteiger partial charge in [0.2, 0.25) is 0 Å². The fraction of sp³-hybridized carbons (Fsp3) is 0. The van der Waals surface area contributed by atoms with Crippen LogP contribution in [0.5, 0.6) is 0 Å². The zero-order valence-electron chi connectivity index (χ0n) is 7.67. The van der Waals surface area contributed by atoms with E-state index in [0.29, 0.717) is 0 Å². The van der Waals surface area contributed by atoms with E-state index < -0.39 is 0 Å². The predicted molar refractivity (Wildman–Crippen MR) is 66.9 cm³/mol. The van der Waals surface area contributed by atoms with Crippen LogP contribution in [0.4, 0.5) is 0 Å². The molecule has 0 aliphatic rings. The molecule has 0 fully saturated rings. The molecule has 0 nitrogen and oxygen atoms in total. The van der Waals surface area contributed by atoms with E-state index in [1.165, 1.54) is 30.4 Å².